The number of hydrogen-bond acceptors (Lipinski definition) is 4. The van der Waals surface area contributed by atoms with Gasteiger partial charge in [-0.2, -0.15) is 0 Å². The minimum absolute atomic E-state index is 0.000758. The lowest BCUT2D eigenvalue weighted by Crippen LogP contribution is -2.15. The number of carbonyl (C=O) groups is 1. The SMILES string of the molecule is Nc1ccc(F)cc1C(=O)Nc1ncnc(Cl)c1Cl. The molecule has 0 atom stereocenters. The van der Waals surface area contributed by atoms with Gasteiger partial charge < -0.3 is 11.1 Å². The van der Waals surface area contributed by atoms with Crippen molar-refractivity contribution in [1.82, 2.24) is 9.97 Å². The molecule has 2 aromatic rings. The highest BCUT2D eigenvalue weighted by Gasteiger charge is 2.15. The average Bonchev–Trinajstić information content (AvgIpc) is 2.38. The number of rotatable bonds is 2. The Hall–Kier alpha value is -1.92. The Morgan fingerprint density at radius 1 is 1.32 bits per heavy atom. The van der Waals surface area contributed by atoms with Gasteiger partial charge in [0, 0.05) is 5.69 Å². The highest BCUT2D eigenvalue weighted by molar-refractivity contribution is 6.43. The zero-order chi connectivity index (χ0) is 14.0. The number of nitrogen functional groups attached to an aromatic ring is 1. The number of amides is 1. The maximum absolute atomic E-state index is 13.1. The second-order valence-corrected chi connectivity index (χ2v) is 4.25. The van der Waals surface area contributed by atoms with Gasteiger partial charge in [-0.1, -0.05) is 23.2 Å². The van der Waals surface area contributed by atoms with Crippen molar-refractivity contribution in [3.05, 3.63) is 46.1 Å². The summed E-state index contributed by atoms with van der Waals surface area (Å²) < 4.78 is 13.1. The van der Waals surface area contributed by atoms with Gasteiger partial charge in [0.15, 0.2) is 11.0 Å². The van der Waals surface area contributed by atoms with Gasteiger partial charge in [-0.3, -0.25) is 4.79 Å². The molecule has 1 aromatic heterocycles. The Balaban J connectivity index is 2.31. The van der Waals surface area contributed by atoms with Crippen molar-refractivity contribution in [2.45, 2.75) is 0 Å². The van der Waals surface area contributed by atoms with Crippen LogP contribution in [0.15, 0.2) is 24.5 Å². The van der Waals surface area contributed by atoms with Gasteiger partial charge in [0.25, 0.3) is 5.91 Å². The lowest BCUT2D eigenvalue weighted by Gasteiger charge is -2.08. The third kappa shape index (κ3) is 2.91. The van der Waals surface area contributed by atoms with E-state index in [2.05, 4.69) is 15.3 Å². The molecule has 0 aliphatic carbocycles. The fraction of sp³-hybridized carbons (Fsp3) is 0. The molecule has 1 aromatic carbocycles. The maximum Gasteiger partial charge on any atom is 0.259 e. The number of nitrogens with two attached hydrogens (primary N) is 1. The molecular formula is C11H7Cl2FN4O. The number of hydrogen-bond donors (Lipinski definition) is 2. The Labute approximate surface area is 117 Å². The number of nitrogens with one attached hydrogen (secondary N) is 1. The summed E-state index contributed by atoms with van der Waals surface area (Å²) in [5, 5.41) is 2.37. The molecule has 3 N–H and O–H groups in total. The van der Waals surface area contributed by atoms with Crippen LogP contribution in [-0.4, -0.2) is 15.9 Å². The van der Waals surface area contributed by atoms with E-state index < -0.39 is 11.7 Å². The molecule has 19 heavy (non-hydrogen) atoms. The summed E-state index contributed by atoms with van der Waals surface area (Å²) in [7, 11) is 0. The topological polar surface area (TPSA) is 80.9 Å². The molecule has 0 bridgehead atoms. The molecule has 8 heteroatoms. The van der Waals surface area contributed by atoms with Crippen LogP contribution in [0, 0.1) is 5.82 Å². The average molecular weight is 301 g/mol. The fourth-order valence-corrected chi connectivity index (χ4v) is 1.61. The molecule has 0 unspecified atom stereocenters. The molecule has 0 aliphatic heterocycles. The molecule has 0 saturated carbocycles. The number of halogens is 3. The monoisotopic (exact) mass is 300 g/mol. The summed E-state index contributed by atoms with van der Waals surface area (Å²) in [6, 6.07) is 3.46. The summed E-state index contributed by atoms with van der Waals surface area (Å²) >= 11 is 11.5. The lowest BCUT2D eigenvalue weighted by molar-refractivity contribution is 0.102. The van der Waals surface area contributed by atoms with Gasteiger partial charge in [0.1, 0.15) is 17.2 Å². The molecule has 1 amide bonds. The van der Waals surface area contributed by atoms with E-state index in [1.54, 1.807) is 0 Å². The minimum Gasteiger partial charge on any atom is -0.398 e. The summed E-state index contributed by atoms with van der Waals surface area (Å²) in [6.45, 7) is 0. The van der Waals surface area contributed by atoms with Gasteiger partial charge >= 0.3 is 0 Å². The predicted molar refractivity (Wildman–Crippen MR) is 70.8 cm³/mol. The van der Waals surface area contributed by atoms with E-state index in [9.17, 15) is 9.18 Å². The van der Waals surface area contributed by atoms with E-state index in [0.717, 1.165) is 18.5 Å². The first-order valence-electron chi connectivity index (χ1n) is 5.01. The van der Waals surface area contributed by atoms with Gasteiger partial charge in [-0.15, -0.1) is 0 Å². The van der Waals surface area contributed by atoms with Crippen LogP contribution in [0.4, 0.5) is 15.9 Å². The number of nitrogens with zero attached hydrogens (tertiary/aromatic N) is 2. The van der Waals surface area contributed by atoms with Crippen LogP contribution in [-0.2, 0) is 0 Å². The van der Waals surface area contributed by atoms with Crippen molar-refractivity contribution in [2.24, 2.45) is 0 Å². The third-order valence-electron chi connectivity index (χ3n) is 2.24. The molecule has 5 nitrogen and oxygen atoms in total. The smallest absolute Gasteiger partial charge is 0.259 e. The van der Waals surface area contributed by atoms with Gasteiger partial charge in [-0.25, -0.2) is 14.4 Å². The number of benzene rings is 1. The van der Waals surface area contributed by atoms with Crippen molar-refractivity contribution < 1.29 is 9.18 Å². The standard InChI is InChI=1S/C11H7Cl2FN4O/c12-8-9(13)16-4-17-10(8)18-11(19)6-3-5(14)1-2-7(6)15/h1-4H,15H2,(H,16,17,18,19). The number of anilines is 2. The minimum atomic E-state index is -0.645. The lowest BCUT2D eigenvalue weighted by atomic mass is 10.1. The first kappa shape index (κ1) is 13.5. The maximum atomic E-state index is 13.1. The Kier molecular flexibility index (Phi) is 3.82. The van der Waals surface area contributed by atoms with Crippen LogP contribution in [0.2, 0.25) is 10.2 Å². The van der Waals surface area contributed by atoms with E-state index in [1.807, 2.05) is 0 Å². The summed E-state index contributed by atoms with van der Waals surface area (Å²) in [5.74, 6) is -1.20. The molecular weight excluding hydrogens is 294 g/mol. The Morgan fingerprint density at radius 3 is 2.79 bits per heavy atom. The van der Waals surface area contributed by atoms with Gasteiger partial charge in [0.2, 0.25) is 0 Å². The summed E-state index contributed by atoms with van der Waals surface area (Å²) in [6.07, 6.45) is 1.14. The first-order chi connectivity index (χ1) is 8.99. The van der Waals surface area contributed by atoms with Crippen LogP contribution in [0.3, 0.4) is 0 Å². The largest absolute Gasteiger partial charge is 0.398 e. The quantitative estimate of drug-likeness (QED) is 0.660. The van der Waals surface area contributed by atoms with Crippen LogP contribution >= 0.6 is 23.2 Å². The van der Waals surface area contributed by atoms with Crippen LogP contribution < -0.4 is 11.1 Å². The fourth-order valence-electron chi connectivity index (χ4n) is 1.34. The predicted octanol–water partition coefficient (Wildman–Crippen LogP) is 2.76. The molecule has 98 valence electrons. The van der Waals surface area contributed by atoms with Gasteiger partial charge in [0.05, 0.1) is 5.56 Å². The van der Waals surface area contributed by atoms with E-state index in [-0.39, 0.29) is 27.2 Å². The molecule has 0 saturated heterocycles. The van der Waals surface area contributed by atoms with Crippen molar-refractivity contribution in [1.29, 1.82) is 0 Å². The normalized spacial score (nSPS) is 10.3. The number of carbonyl (C=O) groups excluding carboxylic acids is 1. The molecule has 0 spiro atoms. The van der Waals surface area contributed by atoms with Crippen LogP contribution in [0.25, 0.3) is 0 Å². The first-order valence-corrected chi connectivity index (χ1v) is 5.77. The molecule has 0 radical (unpaired) electrons. The zero-order valence-corrected chi connectivity index (χ0v) is 10.8. The Bertz CT molecular complexity index is 651. The van der Waals surface area contributed by atoms with Crippen molar-refractivity contribution in [3.63, 3.8) is 0 Å². The van der Waals surface area contributed by atoms with E-state index in [0.29, 0.717) is 0 Å². The van der Waals surface area contributed by atoms with Gasteiger partial charge in [-0.05, 0) is 18.2 Å². The van der Waals surface area contributed by atoms with Crippen molar-refractivity contribution in [2.75, 3.05) is 11.1 Å². The second kappa shape index (κ2) is 5.38. The van der Waals surface area contributed by atoms with Crippen molar-refractivity contribution >= 4 is 40.6 Å². The molecule has 2 rings (SSSR count). The zero-order valence-electron chi connectivity index (χ0n) is 9.32. The van der Waals surface area contributed by atoms with E-state index in [4.69, 9.17) is 28.9 Å². The van der Waals surface area contributed by atoms with Crippen molar-refractivity contribution in [3.8, 4) is 0 Å². The molecule has 1 heterocycles. The summed E-state index contributed by atoms with van der Waals surface area (Å²) in [5.41, 5.74) is 5.70. The third-order valence-corrected chi connectivity index (χ3v) is 2.98. The molecule has 0 aliphatic rings. The van der Waals surface area contributed by atoms with E-state index >= 15 is 0 Å². The van der Waals surface area contributed by atoms with Crippen LogP contribution in [0.5, 0.6) is 0 Å². The Morgan fingerprint density at radius 2 is 2.05 bits per heavy atom. The highest BCUT2D eigenvalue weighted by atomic mass is 35.5. The molecule has 0 fully saturated rings. The summed E-state index contributed by atoms with van der Waals surface area (Å²) in [4.78, 5) is 19.3. The second-order valence-electron chi connectivity index (χ2n) is 3.51. The number of aromatic nitrogens is 2. The van der Waals surface area contributed by atoms with E-state index in [1.165, 1.54) is 6.07 Å². The highest BCUT2D eigenvalue weighted by Crippen LogP contribution is 2.26. The van der Waals surface area contributed by atoms with Crippen LogP contribution in [0.1, 0.15) is 10.4 Å².